The highest BCUT2D eigenvalue weighted by Crippen LogP contribution is 2.38. The molecule has 29 heavy (non-hydrogen) atoms. The Morgan fingerprint density at radius 1 is 1.14 bits per heavy atom. The van der Waals surface area contributed by atoms with Gasteiger partial charge in [0, 0.05) is 57.1 Å². The Labute approximate surface area is 173 Å². The normalized spacial score (nSPS) is 41.7. The molecule has 2 N–H and O–H groups in total. The Balaban J connectivity index is 1.30. The second kappa shape index (κ2) is 8.88. The minimum Gasteiger partial charge on any atom is -0.352 e. The largest absolute Gasteiger partial charge is 0.352 e. The van der Waals surface area contributed by atoms with Crippen molar-refractivity contribution in [2.24, 2.45) is 11.8 Å². The van der Waals surface area contributed by atoms with Gasteiger partial charge in [0.1, 0.15) is 6.17 Å². The van der Waals surface area contributed by atoms with Gasteiger partial charge < -0.3 is 15.5 Å². The molecule has 2 saturated heterocycles. The average molecular weight is 409 g/mol. The van der Waals surface area contributed by atoms with Crippen LogP contribution in [0.5, 0.6) is 0 Å². The molecule has 6 nitrogen and oxygen atoms in total. The molecule has 0 radical (unpaired) electrons. The molecule has 2 aliphatic carbocycles. The van der Waals surface area contributed by atoms with Crippen molar-refractivity contribution >= 4 is 11.8 Å². The van der Waals surface area contributed by atoms with Gasteiger partial charge in [-0.25, -0.2) is 4.39 Å². The third kappa shape index (κ3) is 4.61. The number of halogens is 1. The summed E-state index contributed by atoms with van der Waals surface area (Å²) in [5.41, 5.74) is 0. The SMILES string of the molecule is CC1CCC(F)C2CC(C(=O)N[C@@H]3CCC[C@H](N4CCC(=O)N(C)CC4)C3)NC12. The predicted molar refractivity (Wildman–Crippen MR) is 110 cm³/mol. The van der Waals surface area contributed by atoms with E-state index in [-0.39, 0.29) is 35.9 Å². The molecule has 0 aromatic heterocycles. The van der Waals surface area contributed by atoms with Crippen LogP contribution in [0.3, 0.4) is 0 Å². The van der Waals surface area contributed by atoms with Crippen molar-refractivity contribution in [3.05, 3.63) is 0 Å². The third-order valence-electron chi connectivity index (χ3n) is 7.93. The quantitative estimate of drug-likeness (QED) is 0.746. The van der Waals surface area contributed by atoms with E-state index in [0.29, 0.717) is 31.2 Å². The smallest absolute Gasteiger partial charge is 0.237 e. The van der Waals surface area contributed by atoms with Crippen molar-refractivity contribution in [2.45, 2.75) is 88.6 Å². The van der Waals surface area contributed by atoms with E-state index in [4.69, 9.17) is 0 Å². The summed E-state index contributed by atoms with van der Waals surface area (Å²) in [5, 5.41) is 6.72. The van der Waals surface area contributed by atoms with Crippen molar-refractivity contribution < 1.29 is 14.0 Å². The van der Waals surface area contributed by atoms with Crippen molar-refractivity contribution in [1.29, 1.82) is 0 Å². The van der Waals surface area contributed by atoms with Gasteiger partial charge in [-0.2, -0.15) is 0 Å². The molecule has 164 valence electrons. The van der Waals surface area contributed by atoms with E-state index < -0.39 is 6.17 Å². The highest BCUT2D eigenvalue weighted by atomic mass is 19.1. The highest BCUT2D eigenvalue weighted by Gasteiger charge is 2.46. The Bertz CT molecular complexity index is 600. The highest BCUT2D eigenvalue weighted by molar-refractivity contribution is 5.82. The van der Waals surface area contributed by atoms with Crippen molar-refractivity contribution in [3.63, 3.8) is 0 Å². The molecular weight excluding hydrogens is 371 g/mol. The number of amides is 2. The molecule has 4 rings (SSSR count). The molecule has 2 amide bonds. The lowest BCUT2D eigenvalue weighted by molar-refractivity contribution is -0.129. The summed E-state index contributed by atoms with van der Waals surface area (Å²) >= 11 is 0. The zero-order chi connectivity index (χ0) is 20.5. The van der Waals surface area contributed by atoms with Crippen LogP contribution in [0.25, 0.3) is 0 Å². The van der Waals surface area contributed by atoms with Crippen LogP contribution in [0.15, 0.2) is 0 Å². The van der Waals surface area contributed by atoms with Crippen molar-refractivity contribution in [3.8, 4) is 0 Å². The Hall–Kier alpha value is -1.21. The average Bonchev–Trinajstić information content (AvgIpc) is 3.10. The lowest BCUT2D eigenvalue weighted by Crippen LogP contribution is -2.51. The second-order valence-corrected chi connectivity index (χ2v) is 9.84. The first kappa shape index (κ1) is 21.0. The molecule has 2 heterocycles. The minimum atomic E-state index is -0.774. The second-order valence-electron chi connectivity index (χ2n) is 9.84. The molecule has 2 aliphatic heterocycles. The number of hydrogen-bond acceptors (Lipinski definition) is 4. The molecule has 0 bridgehead atoms. The lowest BCUT2D eigenvalue weighted by Gasteiger charge is -2.37. The summed E-state index contributed by atoms with van der Waals surface area (Å²) in [5.74, 6) is 0.700. The lowest BCUT2D eigenvalue weighted by atomic mass is 9.77. The van der Waals surface area contributed by atoms with Crippen LogP contribution in [0.1, 0.15) is 58.3 Å². The maximum Gasteiger partial charge on any atom is 0.237 e. The first-order valence-corrected chi connectivity index (χ1v) is 11.6. The van der Waals surface area contributed by atoms with E-state index in [2.05, 4.69) is 22.5 Å². The molecule has 0 aromatic rings. The van der Waals surface area contributed by atoms with Crippen LogP contribution in [0, 0.1) is 11.8 Å². The van der Waals surface area contributed by atoms with Crippen LogP contribution in [0.4, 0.5) is 4.39 Å². The van der Waals surface area contributed by atoms with Gasteiger partial charge in [0.25, 0.3) is 0 Å². The predicted octanol–water partition coefficient (Wildman–Crippen LogP) is 1.69. The van der Waals surface area contributed by atoms with Gasteiger partial charge in [-0.05, 0) is 50.9 Å². The van der Waals surface area contributed by atoms with Gasteiger partial charge in [-0.1, -0.05) is 6.92 Å². The van der Waals surface area contributed by atoms with Gasteiger partial charge in [0.2, 0.25) is 11.8 Å². The van der Waals surface area contributed by atoms with E-state index in [1.807, 2.05) is 11.9 Å². The Morgan fingerprint density at radius 2 is 1.97 bits per heavy atom. The number of nitrogens with one attached hydrogen (secondary N) is 2. The number of carbonyl (C=O) groups excluding carboxylic acids is 2. The molecule has 7 heteroatoms. The van der Waals surface area contributed by atoms with Gasteiger partial charge >= 0.3 is 0 Å². The van der Waals surface area contributed by atoms with Crippen molar-refractivity contribution in [1.82, 2.24) is 20.4 Å². The van der Waals surface area contributed by atoms with E-state index in [1.165, 1.54) is 0 Å². The summed E-state index contributed by atoms with van der Waals surface area (Å²) in [6, 6.07) is 0.498. The van der Waals surface area contributed by atoms with Crippen molar-refractivity contribution in [2.75, 3.05) is 26.7 Å². The van der Waals surface area contributed by atoms with Crippen LogP contribution in [0.2, 0.25) is 0 Å². The number of nitrogens with zero attached hydrogens (tertiary/aromatic N) is 2. The van der Waals surface area contributed by atoms with Crippen LogP contribution >= 0.6 is 0 Å². The molecule has 7 atom stereocenters. The zero-order valence-corrected chi connectivity index (χ0v) is 17.9. The monoisotopic (exact) mass is 408 g/mol. The Kier molecular flexibility index (Phi) is 6.44. The molecule has 4 aliphatic rings. The van der Waals surface area contributed by atoms with Gasteiger partial charge in [-0.15, -0.1) is 0 Å². The van der Waals surface area contributed by atoms with Crippen LogP contribution in [-0.2, 0) is 9.59 Å². The number of hydrogen-bond donors (Lipinski definition) is 2. The Morgan fingerprint density at radius 3 is 2.76 bits per heavy atom. The van der Waals surface area contributed by atoms with E-state index in [0.717, 1.165) is 51.7 Å². The number of rotatable bonds is 3. The number of carbonyl (C=O) groups is 2. The molecule has 4 fully saturated rings. The number of likely N-dealkylation sites (N-methyl/N-ethyl adjacent to an activating group) is 1. The maximum atomic E-state index is 14.3. The van der Waals surface area contributed by atoms with Crippen LogP contribution < -0.4 is 10.6 Å². The molecule has 0 spiro atoms. The van der Waals surface area contributed by atoms with Crippen LogP contribution in [-0.4, -0.2) is 78.6 Å². The summed E-state index contributed by atoms with van der Waals surface area (Å²) in [7, 11) is 1.88. The molecule has 2 saturated carbocycles. The first-order valence-electron chi connectivity index (χ1n) is 11.6. The maximum absolute atomic E-state index is 14.3. The summed E-state index contributed by atoms with van der Waals surface area (Å²) < 4.78 is 14.3. The molecule has 0 aromatic carbocycles. The zero-order valence-electron chi connectivity index (χ0n) is 17.9. The summed E-state index contributed by atoms with van der Waals surface area (Å²) in [4.78, 5) is 29.2. The third-order valence-corrected chi connectivity index (χ3v) is 7.93. The summed E-state index contributed by atoms with van der Waals surface area (Å²) in [6.07, 6.45) is 6.17. The molecular formula is C22H37FN4O2. The van der Waals surface area contributed by atoms with E-state index in [9.17, 15) is 14.0 Å². The fourth-order valence-electron chi connectivity index (χ4n) is 6.04. The first-order chi connectivity index (χ1) is 13.9. The topological polar surface area (TPSA) is 64.7 Å². The van der Waals surface area contributed by atoms with Gasteiger partial charge in [0.05, 0.1) is 6.04 Å². The number of alkyl halides is 1. The van der Waals surface area contributed by atoms with E-state index in [1.54, 1.807) is 0 Å². The van der Waals surface area contributed by atoms with E-state index >= 15 is 0 Å². The van der Waals surface area contributed by atoms with Gasteiger partial charge in [-0.3, -0.25) is 14.5 Å². The molecule has 5 unspecified atom stereocenters. The standard InChI is InChI=1S/C22H37FN4O2/c1-14-6-7-18(23)17-13-19(25-21(14)17)22(29)24-15-4-3-5-16(12-15)27-9-8-20(28)26(2)10-11-27/h14-19,21,25H,3-13H2,1-2H3,(H,24,29)/t14?,15-,16+,17?,18?,19?,21?/m1/s1. The summed E-state index contributed by atoms with van der Waals surface area (Å²) in [6.45, 7) is 4.68. The fourth-order valence-corrected chi connectivity index (χ4v) is 6.04. The fraction of sp³-hybridized carbons (Fsp3) is 0.909. The minimum absolute atomic E-state index is 0.0137. The number of fused-ring (bicyclic) bond motifs is 1. The van der Waals surface area contributed by atoms with Gasteiger partial charge in [0.15, 0.2) is 0 Å².